The van der Waals surface area contributed by atoms with Crippen molar-refractivity contribution in [3.63, 3.8) is 0 Å². The molecule has 16 heavy (non-hydrogen) atoms. The summed E-state index contributed by atoms with van der Waals surface area (Å²) in [5.41, 5.74) is 2.90. The molecule has 0 saturated carbocycles. The molecule has 88 valence electrons. The number of carbonyl (C=O) groups is 1. The number of allylic oxidation sites excluding steroid dienone is 2. The van der Waals surface area contributed by atoms with E-state index in [1.54, 1.807) is 0 Å². The van der Waals surface area contributed by atoms with E-state index in [1.165, 1.54) is 12.0 Å². The SMILES string of the molecule is CC1=CC2=C(CCCC2C(C)C)C(=O)C1O. The van der Waals surface area contributed by atoms with Crippen molar-refractivity contribution in [2.24, 2.45) is 11.8 Å². The first-order valence-electron chi connectivity index (χ1n) is 6.16. The van der Waals surface area contributed by atoms with Gasteiger partial charge >= 0.3 is 0 Å². The molecular formula is C14H20O2. The van der Waals surface area contributed by atoms with Gasteiger partial charge in [0.05, 0.1) is 0 Å². The van der Waals surface area contributed by atoms with Gasteiger partial charge in [0.2, 0.25) is 0 Å². The zero-order valence-corrected chi connectivity index (χ0v) is 10.3. The van der Waals surface area contributed by atoms with Gasteiger partial charge in [-0.1, -0.05) is 19.9 Å². The summed E-state index contributed by atoms with van der Waals surface area (Å²) in [5.74, 6) is 1.01. The first kappa shape index (κ1) is 11.6. The third-order valence-corrected chi connectivity index (χ3v) is 3.85. The van der Waals surface area contributed by atoms with E-state index < -0.39 is 6.10 Å². The molecule has 0 spiro atoms. The van der Waals surface area contributed by atoms with Gasteiger partial charge in [0, 0.05) is 5.57 Å². The Labute approximate surface area is 97.0 Å². The van der Waals surface area contributed by atoms with Crippen molar-refractivity contribution in [2.45, 2.75) is 46.1 Å². The smallest absolute Gasteiger partial charge is 0.191 e. The molecule has 0 heterocycles. The van der Waals surface area contributed by atoms with Crippen LogP contribution in [0.3, 0.4) is 0 Å². The Balaban J connectivity index is 2.44. The average Bonchev–Trinajstić information content (AvgIpc) is 2.25. The topological polar surface area (TPSA) is 37.3 Å². The normalized spacial score (nSPS) is 30.6. The van der Waals surface area contributed by atoms with Crippen LogP contribution in [0.5, 0.6) is 0 Å². The minimum absolute atomic E-state index is 0.0552. The van der Waals surface area contributed by atoms with Crippen molar-refractivity contribution >= 4 is 5.78 Å². The summed E-state index contributed by atoms with van der Waals surface area (Å²) in [4.78, 5) is 12.0. The minimum atomic E-state index is -0.885. The lowest BCUT2D eigenvalue weighted by molar-refractivity contribution is -0.122. The minimum Gasteiger partial charge on any atom is -0.381 e. The lowest BCUT2D eigenvalue weighted by atomic mass is 9.72. The number of rotatable bonds is 1. The average molecular weight is 220 g/mol. The quantitative estimate of drug-likeness (QED) is 0.737. The van der Waals surface area contributed by atoms with Crippen LogP contribution in [0.25, 0.3) is 0 Å². The van der Waals surface area contributed by atoms with E-state index in [0.717, 1.165) is 24.0 Å². The second-order valence-electron chi connectivity index (χ2n) is 5.33. The van der Waals surface area contributed by atoms with Crippen LogP contribution in [0.1, 0.15) is 40.0 Å². The van der Waals surface area contributed by atoms with Crippen LogP contribution in [-0.2, 0) is 4.79 Å². The lowest BCUT2D eigenvalue weighted by Gasteiger charge is -2.33. The van der Waals surface area contributed by atoms with Gasteiger partial charge in [-0.2, -0.15) is 0 Å². The largest absolute Gasteiger partial charge is 0.381 e. The Morgan fingerprint density at radius 2 is 2.12 bits per heavy atom. The molecule has 0 fully saturated rings. The maximum Gasteiger partial charge on any atom is 0.191 e. The van der Waals surface area contributed by atoms with Crippen LogP contribution < -0.4 is 0 Å². The van der Waals surface area contributed by atoms with Gasteiger partial charge in [-0.05, 0) is 49.2 Å². The molecule has 0 aliphatic heterocycles. The van der Waals surface area contributed by atoms with Crippen molar-refractivity contribution in [1.29, 1.82) is 0 Å². The highest BCUT2D eigenvalue weighted by atomic mass is 16.3. The predicted octanol–water partition coefficient (Wildman–Crippen LogP) is 2.63. The summed E-state index contributed by atoms with van der Waals surface area (Å²) < 4.78 is 0. The van der Waals surface area contributed by atoms with E-state index in [1.807, 2.05) is 13.0 Å². The van der Waals surface area contributed by atoms with E-state index in [2.05, 4.69) is 13.8 Å². The molecule has 0 saturated heterocycles. The fourth-order valence-electron chi connectivity index (χ4n) is 2.87. The van der Waals surface area contributed by atoms with Crippen molar-refractivity contribution in [1.82, 2.24) is 0 Å². The lowest BCUT2D eigenvalue weighted by Crippen LogP contribution is -2.32. The Bertz CT molecular complexity index is 374. The fraction of sp³-hybridized carbons (Fsp3) is 0.643. The molecule has 0 aromatic carbocycles. The van der Waals surface area contributed by atoms with Gasteiger partial charge in [0.15, 0.2) is 5.78 Å². The van der Waals surface area contributed by atoms with Crippen molar-refractivity contribution in [3.05, 3.63) is 22.8 Å². The van der Waals surface area contributed by atoms with Gasteiger partial charge in [-0.25, -0.2) is 0 Å². The maximum absolute atomic E-state index is 12.0. The fourth-order valence-corrected chi connectivity index (χ4v) is 2.87. The maximum atomic E-state index is 12.0. The van der Waals surface area contributed by atoms with Gasteiger partial charge < -0.3 is 5.11 Å². The zero-order valence-electron chi connectivity index (χ0n) is 10.3. The standard InChI is InChI=1S/C14H20O2/c1-8(2)10-5-4-6-11-12(10)7-9(3)13(15)14(11)16/h7-8,10,13,15H,4-6H2,1-3H3. The molecular weight excluding hydrogens is 200 g/mol. The number of aliphatic hydroxyl groups excluding tert-OH is 1. The van der Waals surface area contributed by atoms with Gasteiger partial charge in [-0.3, -0.25) is 4.79 Å². The number of aliphatic hydroxyl groups is 1. The predicted molar refractivity (Wildman–Crippen MR) is 64.0 cm³/mol. The monoisotopic (exact) mass is 220 g/mol. The van der Waals surface area contributed by atoms with E-state index in [4.69, 9.17) is 0 Å². The second kappa shape index (κ2) is 4.17. The van der Waals surface area contributed by atoms with Gasteiger partial charge in [0.1, 0.15) is 6.10 Å². The van der Waals surface area contributed by atoms with Gasteiger partial charge in [-0.15, -0.1) is 0 Å². The Morgan fingerprint density at radius 3 is 2.75 bits per heavy atom. The molecule has 0 bridgehead atoms. The molecule has 2 heteroatoms. The zero-order chi connectivity index (χ0) is 11.9. The molecule has 2 aliphatic carbocycles. The van der Waals surface area contributed by atoms with Gasteiger partial charge in [0.25, 0.3) is 0 Å². The summed E-state index contributed by atoms with van der Waals surface area (Å²) in [6, 6.07) is 0. The molecule has 0 radical (unpaired) electrons. The summed E-state index contributed by atoms with van der Waals surface area (Å²) in [6.07, 6.45) is 4.25. The highest BCUT2D eigenvalue weighted by Crippen LogP contribution is 2.39. The first-order chi connectivity index (χ1) is 7.52. The van der Waals surface area contributed by atoms with Crippen LogP contribution in [0.2, 0.25) is 0 Å². The van der Waals surface area contributed by atoms with Crippen molar-refractivity contribution in [3.8, 4) is 0 Å². The summed E-state index contributed by atoms with van der Waals surface area (Å²) in [6.45, 7) is 6.26. The highest BCUT2D eigenvalue weighted by molar-refractivity contribution is 6.03. The third kappa shape index (κ3) is 1.75. The molecule has 1 N–H and O–H groups in total. The Morgan fingerprint density at radius 1 is 1.44 bits per heavy atom. The first-order valence-corrected chi connectivity index (χ1v) is 6.16. The number of hydrogen-bond acceptors (Lipinski definition) is 2. The molecule has 0 aromatic rings. The van der Waals surface area contributed by atoms with Crippen LogP contribution >= 0.6 is 0 Å². The number of ketones is 1. The molecule has 2 unspecified atom stereocenters. The van der Waals surface area contributed by atoms with Crippen LogP contribution in [0.15, 0.2) is 22.8 Å². The molecule has 0 amide bonds. The second-order valence-corrected chi connectivity index (χ2v) is 5.33. The highest BCUT2D eigenvalue weighted by Gasteiger charge is 2.34. The number of carbonyl (C=O) groups excluding carboxylic acids is 1. The van der Waals surface area contributed by atoms with Crippen molar-refractivity contribution < 1.29 is 9.90 Å². The van der Waals surface area contributed by atoms with E-state index in [0.29, 0.717) is 11.8 Å². The molecule has 2 atom stereocenters. The third-order valence-electron chi connectivity index (χ3n) is 3.85. The summed E-state index contributed by atoms with van der Waals surface area (Å²) >= 11 is 0. The summed E-state index contributed by atoms with van der Waals surface area (Å²) in [7, 11) is 0. The molecule has 0 aromatic heterocycles. The van der Waals surface area contributed by atoms with Crippen LogP contribution in [-0.4, -0.2) is 17.0 Å². The molecule has 2 rings (SSSR count). The summed E-state index contributed by atoms with van der Waals surface area (Å²) in [5, 5.41) is 9.76. The molecule has 2 aliphatic rings. The van der Waals surface area contributed by atoms with Crippen LogP contribution in [0.4, 0.5) is 0 Å². The van der Waals surface area contributed by atoms with Crippen molar-refractivity contribution in [2.75, 3.05) is 0 Å². The van der Waals surface area contributed by atoms with E-state index >= 15 is 0 Å². The van der Waals surface area contributed by atoms with E-state index in [-0.39, 0.29) is 5.78 Å². The number of Topliss-reactive ketones (excluding diaryl/α,β-unsaturated/α-hetero) is 1. The van der Waals surface area contributed by atoms with E-state index in [9.17, 15) is 9.90 Å². The van der Waals surface area contributed by atoms with Crippen LogP contribution in [0, 0.1) is 11.8 Å². The Kier molecular flexibility index (Phi) is 3.02. The Hall–Kier alpha value is -0.890. The molecule has 2 nitrogen and oxygen atoms in total. The number of hydrogen-bond donors (Lipinski definition) is 1.